The van der Waals surface area contributed by atoms with Gasteiger partial charge in [0.1, 0.15) is 171 Å². The molecule has 7 aliphatic rings. The minimum absolute atomic E-state index is 0.880. The van der Waals surface area contributed by atoms with E-state index in [1.54, 1.807) is 0 Å². The first-order valence-corrected chi connectivity index (χ1v) is 24.7. The van der Waals surface area contributed by atoms with Crippen molar-refractivity contribution in [3.05, 3.63) is 0 Å². The molecule has 456 valence electrons. The van der Waals surface area contributed by atoms with E-state index in [2.05, 4.69) is 0 Å². The first kappa shape index (κ1) is 64.1. The van der Waals surface area contributed by atoms with Gasteiger partial charge in [0.15, 0.2) is 44.0 Å². The summed E-state index contributed by atoms with van der Waals surface area (Å²) in [6.45, 7) is -7.04. The van der Waals surface area contributed by atoms with Crippen molar-refractivity contribution < 1.29 is 179 Å². The first-order chi connectivity index (χ1) is 37.0. The summed E-state index contributed by atoms with van der Waals surface area (Å²) in [5, 5.41) is 246. The van der Waals surface area contributed by atoms with Gasteiger partial charge < -0.3 is 179 Å². The van der Waals surface area contributed by atoms with Gasteiger partial charge in [0.2, 0.25) is 0 Å². The summed E-state index contributed by atoms with van der Waals surface area (Å²) >= 11 is 0. The van der Waals surface area contributed by atoms with Crippen LogP contribution in [0.1, 0.15) is 0 Å². The molecular formula is C42H72O36. The molecule has 7 heterocycles. The average Bonchev–Trinajstić information content (AvgIpc) is 3.43. The van der Waals surface area contributed by atoms with Crippen molar-refractivity contribution in [3.63, 3.8) is 0 Å². The van der Waals surface area contributed by atoms with E-state index in [4.69, 9.17) is 61.6 Å². The van der Waals surface area contributed by atoms with E-state index in [-0.39, 0.29) is 0 Å². The molecule has 0 aromatic heterocycles. The van der Waals surface area contributed by atoms with Crippen LogP contribution in [0.25, 0.3) is 0 Å². The molecular weight excluding hydrogens is 1080 g/mol. The molecule has 0 spiro atoms. The monoisotopic (exact) mass is 1150 g/mol. The molecule has 7 aliphatic heterocycles. The lowest BCUT2D eigenvalue weighted by Gasteiger charge is -2.50. The number of rotatable bonds is 19. The number of hydrogen-bond donors (Lipinski definition) is 23. The van der Waals surface area contributed by atoms with Crippen molar-refractivity contribution >= 4 is 0 Å². The fourth-order valence-electron chi connectivity index (χ4n) is 9.97. The summed E-state index contributed by atoms with van der Waals surface area (Å²) in [6, 6.07) is 0. The van der Waals surface area contributed by atoms with Crippen LogP contribution in [-0.4, -0.2) is 379 Å². The molecule has 36 heteroatoms. The summed E-state index contributed by atoms with van der Waals surface area (Å²) in [7, 11) is 0. The van der Waals surface area contributed by atoms with Gasteiger partial charge in [0.25, 0.3) is 0 Å². The third-order valence-corrected chi connectivity index (χ3v) is 14.5. The van der Waals surface area contributed by atoms with Crippen molar-refractivity contribution in [1.29, 1.82) is 0 Å². The zero-order valence-electron chi connectivity index (χ0n) is 40.8. The normalized spacial score (nSPS) is 53.5. The zero-order valence-corrected chi connectivity index (χ0v) is 40.8. The van der Waals surface area contributed by atoms with E-state index in [1.807, 2.05) is 0 Å². The summed E-state index contributed by atoms with van der Waals surface area (Å²) in [6.07, 6.45) is -70.1. The Bertz CT molecular complexity index is 1820. The lowest BCUT2D eigenvalue weighted by Crippen LogP contribution is -2.69. The number of ether oxygens (including phenoxy) is 13. The Morgan fingerprint density at radius 3 is 0.590 bits per heavy atom. The van der Waals surface area contributed by atoms with Gasteiger partial charge in [-0.2, -0.15) is 0 Å². The van der Waals surface area contributed by atoms with Gasteiger partial charge in [-0.3, -0.25) is 0 Å². The largest absolute Gasteiger partial charge is 0.394 e. The van der Waals surface area contributed by atoms with Crippen LogP contribution in [-0.2, 0) is 61.6 Å². The molecule has 0 radical (unpaired) electrons. The van der Waals surface area contributed by atoms with Crippen molar-refractivity contribution in [2.75, 3.05) is 46.2 Å². The minimum atomic E-state index is -2.33. The quantitative estimate of drug-likeness (QED) is 0.0571. The molecule has 7 fully saturated rings. The molecule has 0 bridgehead atoms. The fourth-order valence-corrected chi connectivity index (χ4v) is 9.97. The van der Waals surface area contributed by atoms with E-state index < -0.39 is 261 Å². The molecule has 7 saturated heterocycles. The molecule has 23 N–H and O–H groups in total. The number of aliphatic hydroxyl groups excluding tert-OH is 23. The van der Waals surface area contributed by atoms with Gasteiger partial charge in [0, 0.05) is 0 Å². The highest BCUT2D eigenvalue weighted by Crippen LogP contribution is 2.38. The first-order valence-electron chi connectivity index (χ1n) is 24.7. The Kier molecular flexibility index (Phi) is 22.6. The molecule has 35 atom stereocenters. The standard InChI is InChI=1S/C42H72O36/c43-1-8-15(50)22(57)23(58)37(67-8)74-31-17(52)10(3-45)69-39(25(31)60)76-33-19(54)12(5-47)71-41(27(33)62)78-35-21(56)14(7-49)72-42(29(35)64)77-34-20(55)13(6-48)70-40(28(34)63)75-32-18(53)11(4-46)68-38(26(32)61)73-30-16(51)9(2-44)66-36(65)24(30)59/h8-65H,1-7H2/t8?,9?,10?,11?,12?,13?,14?,15-,16-,17-,18-,19-,20-,21-,22-,23?,24?,25?,26?,27?,28?,29?,30+,31+,32+,33+,34+,35+,36-,37+,38+,39+,40+,41+,42+/m1/s1. The maximum absolute atomic E-state index is 11.7. The van der Waals surface area contributed by atoms with Crippen LogP contribution in [0.2, 0.25) is 0 Å². The van der Waals surface area contributed by atoms with Gasteiger partial charge in [-0.1, -0.05) is 0 Å². The van der Waals surface area contributed by atoms with E-state index in [0.29, 0.717) is 0 Å². The van der Waals surface area contributed by atoms with Crippen LogP contribution >= 0.6 is 0 Å². The summed E-state index contributed by atoms with van der Waals surface area (Å²) in [5.74, 6) is 0. The van der Waals surface area contributed by atoms with Gasteiger partial charge in [-0.05, 0) is 0 Å². The van der Waals surface area contributed by atoms with Crippen molar-refractivity contribution in [3.8, 4) is 0 Å². The predicted octanol–water partition coefficient (Wildman–Crippen LogP) is -16.3. The van der Waals surface area contributed by atoms with Crippen LogP contribution in [0.4, 0.5) is 0 Å². The number of hydrogen-bond acceptors (Lipinski definition) is 36. The lowest BCUT2D eigenvalue weighted by atomic mass is 9.95. The Hall–Kier alpha value is -1.44. The number of aliphatic hydroxyl groups is 23. The van der Waals surface area contributed by atoms with E-state index in [9.17, 15) is 117 Å². The predicted molar refractivity (Wildman–Crippen MR) is 232 cm³/mol. The topological polar surface area (TPSA) is 585 Å². The van der Waals surface area contributed by atoms with Gasteiger partial charge >= 0.3 is 0 Å². The highest BCUT2D eigenvalue weighted by atomic mass is 16.8. The molecule has 78 heavy (non-hydrogen) atoms. The third kappa shape index (κ3) is 12.9. The highest BCUT2D eigenvalue weighted by Gasteiger charge is 2.59. The maximum atomic E-state index is 11.7. The SMILES string of the molecule is OCC1O[C@@H](O[C@@H]2C(O)[C@H](O[C@@H]3C(O)[C@H](O[C@@H]4C(O)[C@H](O)OC(CO)[C@H]4O)OC(CO)[C@H]3O)OC(CO)[C@H]2O)C(O)[C@@H](O[C@@H]2OC(CO)[C@@H](O)[C@H](O[C@@H]3OC(CO)[C@@H](O)[C@H](O[C@@H]4OC(CO)[C@@H](O)[C@@H](O)C4O)C3O)C2O)[C@@H]1O. The second kappa shape index (κ2) is 27.5. The van der Waals surface area contributed by atoms with Crippen molar-refractivity contribution in [1.82, 2.24) is 0 Å². The Morgan fingerprint density at radius 1 is 0.192 bits per heavy atom. The lowest BCUT2D eigenvalue weighted by molar-refractivity contribution is -0.400. The fraction of sp³-hybridized carbons (Fsp3) is 1.00. The van der Waals surface area contributed by atoms with Gasteiger partial charge in [0.05, 0.1) is 46.2 Å². The van der Waals surface area contributed by atoms with Crippen LogP contribution in [0.5, 0.6) is 0 Å². The van der Waals surface area contributed by atoms with Crippen LogP contribution in [0.3, 0.4) is 0 Å². The molecule has 36 nitrogen and oxygen atoms in total. The molecule has 0 aromatic rings. The Morgan fingerprint density at radius 2 is 0.372 bits per heavy atom. The van der Waals surface area contributed by atoms with Gasteiger partial charge in [-0.25, -0.2) is 0 Å². The Balaban J connectivity index is 1.06. The summed E-state index contributed by atoms with van der Waals surface area (Å²) in [4.78, 5) is 0. The molecule has 0 aromatic carbocycles. The summed E-state index contributed by atoms with van der Waals surface area (Å²) < 4.78 is 72.0. The van der Waals surface area contributed by atoms with Gasteiger partial charge in [-0.15, -0.1) is 0 Å². The van der Waals surface area contributed by atoms with Crippen LogP contribution in [0, 0.1) is 0 Å². The van der Waals surface area contributed by atoms with E-state index >= 15 is 0 Å². The molecule has 0 aliphatic carbocycles. The third-order valence-electron chi connectivity index (χ3n) is 14.5. The summed E-state index contributed by atoms with van der Waals surface area (Å²) in [5.41, 5.74) is 0. The van der Waals surface area contributed by atoms with E-state index in [1.165, 1.54) is 0 Å². The molecule has 0 saturated carbocycles. The van der Waals surface area contributed by atoms with Crippen molar-refractivity contribution in [2.45, 2.75) is 215 Å². The smallest absolute Gasteiger partial charge is 0.187 e. The Labute approximate surface area is 439 Å². The second-order valence-corrected chi connectivity index (χ2v) is 19.6. The second-order valence-electron chi connectivity index (χ2n) is 19.6. The highest BCUT2D eigenvalue weighted by molar-refractivity contribution is 5.01. The molecule has 0 amide bonds. The molecule has 7 rings (SSSR count). The molecule has 14 unspecified atom stereocenters. The van der Waals surface area contributed by atoms with Crippen LogP contribution < -0.4 is 0 Å². The maximum Gasteiger partial charge on any atom is 0.187 e. The zero-order chi connectivity index (χ0) is 57.3. The average molecular weight is 1150 g/mol. The van der Waals surface area contributed by atoms with E-state index in [0.717, 1.165) is 0 Å². The van der Waals surface area contributed by atoms with Crippen molar-refractivity contribution in [2.24, 2.45) is 0 Å². The minimum Gasteiger partial charge on any atom is -0.394 e. The van der Waals surface area contributed by atoms with Crippen LogP contribution in [0.15, 0.2) is 0 Å².